The van der Waals surface area contributed by atoms with Crippen molar-refractivity contribution < 1.29 is 14.7 Å². The number of rotatable bonds is 7. The quantitative estimate of drug-likeness (QED) is 0.594. The van der Waals surface area contributed by atoms with Crippen LogP contribution in [0.3, 0.4) is 0 Å². The highest BCUT2D eigenvalue weighted by Crippen LogP contribution is 2.41. The maximum Gasteiger partial charge on any atom is 0.250 e. The number of aliphatic hydroxyl groups is 1. The summed E-state index contributed by atoms with van der Waals surface area (Å²) in [6.45, 7) is 5.57. The average Bonchev–Trinajstić information content (AvgIpc) is 3.04. The number of aliphatic hydroxyl groups excluding tert-OH is 1. The minimum atomic E-state index is -0.604. The monoisotopic (exact) mass is 378 g/mol. The van der Waals surface area contributed by atoms with E-state index in [1.165, 1.54) is 16.5 Å². The molecule has 1 amide bonds. The number of anilines is 2. The normalized spacial score (nSPS) is 17.9. The number of para-hydroxylation sites is 1. The molecule has 1 aliphatic rings. The van der Waals surface area contributed by atoms with Crippen molar-refractivity contribution in [2.75, 3.05) is 30.0 Å². The third kappa shape index (κ3) is 3.22. The van der Waals surface area contributed by atoms with E-state index in [2.05, 4.69) is 23.6 Å². The molecule has 0 spiro atoms. The second-order valence-electron chi connectivity index (χ2n) is 7.04. The highest BCUT2D eigenvalue weighted by molar-refractivity contribution is 6.07. The number of ketones is 1. The summed E-state index contributed by atoms with van der Waals surface area (Å²) in [6.07, 6.45) is 2.60. The van der Waals surface area contributed by atoms with Gasteiger partial charge in [-0.2, -0.15) is 0 Å². The summed E-state index contributed by atoms with van der Waals surface area (Å²) < 4.78 is 0. The third-order valence-electron chi connectivity index (χ3n) is 5.69. The second-order valence-corrected chi connectivity index (χ2v) is 7.04. The minimum absolute atomic E-state index is 0.0732. The molecule has 3 rings (SSSR count). The lowest BCUT2D eigenvalue weighted by atomic mass is 9.83. The van der Waals surface area contributed by atoms with Crippen molar-refractivity contribution in [3.8, 4) is 0 Å². The van der Waals surface area contributed by atoms with Gasteiger partial charge in [-0.1, -0.05) is 31.7 Å². The van der Waals surface area contributed by atoms with Crippen molar-refractivity contribution in [2.24, 2.45) is 0 Å². The Labute approximate surface area is 165 Å². The van der Waals surface area contributed by atoms with Crippen LogP contribution in [0.15, 0.2) is 61.2 Å². The Hall–Kier alpha value is -2.92. The van der Waals surface area contributed by atoms with Crippen molar-refractivity contribution in [2.45, 2.75) is 25.3 Å². The molecular weight excluding hydrogens is 352 g/mol. The van der Waals surface area contributed by atoms with Crippen LogP contribution in [0.2, 0.25) is 0 Å². The molecule has 0 bridgehead atoms. The number of hydrogen-bond donors (Lipinski definition) is 1. The van der Waals surface area contributed by atoms with Gasteiger partial charge in [-0.25, -0.2) is 0 Å². The fourth-order valence-corrected chi connectivity index (χ4v) is 4.05. The number of amides is 1. The Morgan fingerprint density at radius 2 is 1.89 bits per heavy atom. The topological polar surface area (TPSA) is 60.9 Å². The van der Waals surface area contributed by atoms with E-state index in [4.69, 9.17) is 0 Å². The number of Topliss-reactive ketones (excluding diaryl/α,β-unsaturated/α-hetero) is 1. The van der Waals surface area contributed by atoms with Crippen LogP contribution >= 0.6 is 0 Å². The molecule has 1 N–H and O–H groups in total. The van der Waals surface area contributed by atoms with Gasteiger partial charge in [0.25, 0.3) is 0 Å². The fourth-order valence-electron chi connectivity index (χ4n) is 4.05. The Balaban J connectivity index is 1.90. The molecule has 2 aromatic rings. The fraction of sp³-hybridized carbons (Fsp3) is 0.304. The van der Waals surface area contributed by atoms with Crippen molar-refractivity contribution in [1.29, 1.82) is 0 Å². The van der Waals surface area contributed by atoms with Crippen LogP contribution in [0, 0.1) is 0 Å². The predicted molar refractivity (Wildman–Crippen MR) is 112 cm³/mol. The maximum absolute atomic E-state index is 13.5. The van der Waals surface area contributed by atoms with Gasteiger partial charge >= 0.3 is 0 Å². The van der Waals surface area contributed by atoms with Gasteiger partial charge < -0.3 is 14.9 Å². The van der Waals surface area contributed by atoms with Crippen LogP contribution in [-0.2, 0) is 11.2 Å². The Kier molecular flexibility index (Phi) is 5.66. The minimum Gasteiger partial charge on any atom is -0.395 e. The van der Waals surface area contributed by atoms with Gasteiger partial charge in [0.05, 0.1) is 6.61 Å². The molecule has 1 heterocycles. The van der Waals surface area contributed by atoms with Crippen LogP contribution in [-0.4, -0.2) is 42.5 Å². The molecule has 0 aliphatic carbocycles. The number of carbonyl (C=O) groups is 2. The van der Waals surface area contributed by atoms with Crippen molar-refractivity contribution in [1.82, 2.24) is 0 Å². The third-order valence-corrected chi connectivity index (χ3v) is 5.69. The van der Waals surface area contributed by atoms with E-state index >= 15 is 0 Å². The predicted octanol–water partition coefficient (Wildman–Crippen LogP) is 3.22. The summed E-state index contributed by atoms with van der Waals surface area (Å²) >= 11 is 0. The van der Waals surface area contributed by atoms with Gasteiger partial charge in [-0.05, 0) is 48.4 Å². The summed E-state index contributed by atoms with van der Waals surface area (Å²) in [7, 11) is 1.98. The molecule has 0 radical (unpaired) electrons. The molecule has 5 heteroatoms. The molecule has 28 heavy (non-hydrogen) atoms. The number of likely N-dealkylation sites (N-methyl/N-ethyl adjacent to an activating group) is 1. The number of carbonyl (C=O) groups excluding carboxylic acids is 2. The zero-order chi connectivity index (χ0) is 20.3. The highest BCUT2D eigenvalue weighted by Gasteiger charge is 2.46. The Morgan fingerprint density at radius 3 is 2.46 bits per heavy atom. The summed E-state index contributed by atoms with van der Waals surface area (Å²) in [5, 5.41) is 9.22. The zero-order valence-electron chi connectivity index (χ0n) is 16.4. The Morgan fingerprint density at radius 1 is 1.21 bits per heavy atom. The number of hydrogen-bond acceptors (Lipinski definition) is 4. The highest BCUT2D eigenvalue weighted by atomic mass is 16.3. The lowest BCUT2D eigenvalue weighted by Crippen LogP contribution is -2.51. The summed E-state index contributed by atoms with van der Waals surface area (Å²) in [5.74, 6) is -0.215. The van der Waals surface area contributed by atoms with E-state index in [1.807, 2.05) is 26.1 Å². The van der Waals surface area contributed by atoms with E-state index in [-0.39, 0.29) is 24.8 Å². The van der Waals surface area contributed by atoms with Gasteiger partial charge in [0, 0.05) is 37.0 Å². The van der Waals surface area contributed by atoms with E-state index in [9.17, 15) is 14.7 Å². The summed E-state index contributed by atoms with van der Waals surface area (Å²) in [5.41, 5.74) is 2.92. The maximum atomic E-state index is 13.5. The molecule has 0 fully saturated rings. The molecule has 0 saturated carbocycles. The molecule has 0 saturated heterocycles. The number of fused-ring (bicyclic) bond motifs is 1. The number of benzene rings is 2. The lowest BCUT2D eigenvalue weighted by Gasteiger charge is -2.36. The van der Waals surface area contributed by atoms with E-state index in [0.29, 0.717) is 24.1 Å². The van der Waals surface area contributed by atoms with E-state index in [0.717, 1.165) is 5.69 Å². The van der Waals surface area contributed by atoms with Crippen LogP contribution in [0.1, 0.15) is 29.3 Å². The second kappa shape index (κ2) is 7.98. The molecule has 0 aromatic heterocycles. The van der Waals surface area contributed by atoms with Crippen LogP contribution in [0.5, 0.6) is 0 Å². The first kappa shape index (κ1) is 19.8. The first-order valence-electron chi connectivity index (χ1n) is 9.50. The van der Waals surface area contributed by atoms with Crippen LogP contribution in [0.25, 0.3) is 0 Å². The van der Waals surface area contributed by atoms with Gasteiger partial charge in [0.1, 0.15) is 5.54 Å². The van der Waals surface area contributed by atoms with E-state index in [1.54, 1.807) is 24.3 Å². The first-order chi connectivity index (χ1) is 13.5. The Bertz CT molecular complexity index is 891. The molecular formula is C23H26N2O3. The van der Waals surface area contributed by atoms with Crippen molar-refractivity contribution >= 4 is 23.1 Å². The van der Waals surface area contributed by atoms with Crippen LogP contribution in [0.4, 0.5) is 11.4 Å². The summed E-state index contributed by atoms with van der Waals surface area (Å²) in [6, 6.07) is 15.1. The molecule has 1 aliphatic heterocycles. The average molecular weight is 378 g/mol. The smallest absolute Gasteiger partial charge is 0.250 e. The van der Waals surface area contributed by atoms with E-state index < -0.39 is 5.54 Å². The molecule has 1 unspecified atom stereocenters. The van der Waals surface area contributed by atoms with Crippen molar-refractivity contribution in [3.05, 3.63) is 72.3 Å². The first-order valence-corrected chi connectivity index (χ1v) is 9.50. The zero-order valence-corrected chi connectivity index (χ0v) is 16.4. The standard InChI is InChI=1S/C23H26N2O3/c1-4-21(27)25(14-15-26)19-12-10-17(11-13-19)22(28)23(5-2)16-18-8-6-7-9-20(18)24(23)3/h4,6-13,26H,1,5,14-16H2,2-3H3. The van der Waals surface area contributed by atoms with Gasteiger partial charge in [-0.15, -0.1) is 0 Å². The SMILES string of the molecule is C=CC(=O)N(CCO)c1ccc(C(=O)C2(CC)Cc3ccccc3N2C)cc1. The molecule has 146 valence electrons. The van der Waals surface area contributed by atoms with Gasteiger partial charge in [0.15, 0.2) is 5.78 Å². The largest absolute Gasteiger partial charge is 0.395 e. The molecule has 5 nitrogen and oxygen atoms in total. The van der Waals surface area contributed by atoms with Crippen LogP contribution < -0.4 is 9.80 Å². The lowest BCUT2D eigenvalue weighted by molar-refractivity contribution is -0.114. The number of nitrogens with zero attached hydrogens (tertiary/aromatic N) is 2. The van der Waals surface area contributed by atoms with Gasteiger partial charge in [0.2, 0.25) is 5.91 Å². The van der Waals surface area contributed by atoms with Gasteiger partial charge in [-0.3, -0.25) is 9.59 Å². The molecule has 2 aromatic carbocycles. The van der Waals surface area contributed by atoms with Crippen molar-refractivity contribution in [3.63, 3.8) is 0 Å². The summed E-state index contributed by atoms with van der Waals surface area (Å²) in [4.78, 5) is 29.1. The molecule has 1 atom stereocenters.